The molecule has 0 aliphatic rings. The molecule has 0 fully saturated rings. The maximum Gasteiger partial charge on any atom is 0.175 e. The summed E-state index contributed by atoms with van der Waals surface area (Å²) in [6, 6.07) is 34.5. The molecule has 0 bridgehead atoms. The lowest BCUT2D eigenvalue weighted by molar-refractivity contribution is -0.00000566. The number of rotatable bonds is 5. The van der Waals surface area contributed by atoms with Crippen molar-refractivity contribution in [1.82, 2.24) is 5.16 Å². The van der Waals surface area contributed by atoms with Gasteiger partial charge in [-0.25, -0.2) is 0 Å². The van der Waals surface area contributed by atoms with Crippen LogP contribution in [0.4, 0.5) is 0 Å². The summed E-state index contributed by atoms with van der Waals surface area (Å²) in [4.78, 5) is 0. The quantitative estimate of drug-likeness (QED) is 0.480. The molecule has 0 atom stereocenters. The predicted molar refractivity (Wildman–Crippen MR) is 110 cm³/mol. The van der Waals surface area contributed by atoms with Gasteiger partial charge in [-0.1, -0.05) is 59.8 Å². The highest BCUT2D eigenvalue weighted by atomic mass is 35.5. The molecule has 1 heterocycles. The lowest BCUT2D eigenvalue weighted by atomic mass is 10.3. The Labute approximate surface area is 167 Å². The number of nitrogens with zero attached hydrogens (tertiary/aromatic N) is 1. The minimum absolute atomic E-state index is 0. The summed E-state index contributed by atoms with van der Waals surface area (Å²) in [7, 11) is -1.90. The van der Waals surface area contributed by atoms with E-state index in [9.17, 15) is 0 Å². The zero-order valence-electron chi connectivity index (χ0n) is 15.1. The van der Waals surface area contributed by atoms with Crippen LogP contribution in [0.1, 0.15) is 11.5 Å². The van der Waals surface area contributed by atoms with E-state index in [-0.39, 0.29) is 12.4 Å². The topological polar surface area (TPSA) is 26.0 Å². The van der Waals surface area contributed by atoms with Crippen molar-refractivity contribution in [1.29, 1.82) is 0 Å². The first-order valence-corrected chi connectivity index (χ1v) is 10.7. The summed E-state index contributed by atoms with van der Waals surface area (Å²) >= 11 is 0. The Morgan fingerprint density at radius 2 is 1.11 bits per heavy atom. The molecule has 0 radical (unpaired) electrons. The first-order valence-electron chi connectivity index (χ1n) is 8.76. The molecular formula is C23H21ClNOP. The van der Waals surface area contributed by atoms with Gasteiger partial charge < -0.3 is 16.9 Å². The molecule has 4 rings (SSSR count). The Bertz CT molecular complexity index is 874. The summed E-state index contributed by atoms with van der Waals surface area (Å²) in [5.74, 6) is 0.937. The van der Waals surface area contributed by atoms with Crippen molar-refractivity contribution in [3.63, 3.8) is 0 Å². The predicted octanol–water partition coefficient (Wildman–Crippen LogP) is 1.48. The third-order valence-electron chi connectivity index (χ3n) is 4.66. The van der Waals surface area contributed by atoms with Crippen LogP contribution >= 0.6 is 7.26 Å². The van der Waals surface area contributed by atoms with Crippen molar-refractivity contribution in [2.24, 2.45) is 0 Å². The highest BCUT2D eigenvalue weighted by Crippen LogP contribution is 2.58. The van der Waals surface area contributed by atoms with Gasteiger partial charge in [-0.3, -0.25) is 0 Å². The number of halogens is 1. The van der Waals surface area contributed by atoms with Crippen LogP contribution in [0.5, 0.6) is 0 Å². The van der Waals surface area contributed by atoms with Crippen LogP contribution in [0, 0.1) is 6.92 Å². The summed E-state index contributed by atoms with van der Waals surface area (Å²) in [5, 5.41) is 8.18. The second kappa shape index (κ2) is 8.52. The molecule has 0 saturated heterocycles. The van der Waals surface area contributed by atoms with Gasteiger partial charge in [-0.15, -0.1) is 0 Å². The van der Waals surface area contributed by atoms with Gasteiger partial charge in [0.1, 0.15) is 29.3 Å². The molecule has 27 heavy (non-hydrogen) atoms. The van der Waals surface area contributed by atoms with E-state index in [4.69, 9.17) is 4.52 Å². The van der Waals surface area contributed by atoms with E-state index >= 15 is 0 Å². The molecule has 0 spiro atoms. The van der Waals surface area contributed by atoms with Crippen LogP contribution in [0.15, 0.2) is 102 Å². The van der Waals surface area contributed by atoms with Crippen LogP contribution in [-0.4, -0.2) is 5.16 Å². The first kappa shape index (κ1) is 19.4. The molecular weight excluding hydrogens is 373 g/mol. The van der Waals surface area contributed by atoms with Crippen LogP contribution in [-0.2, 0) is 6.16 Å². The molecule has 4 aromatic rings. The molecule has 136 valence electrons. The Morgan fingerprint density at radius 3 is 1.44 bits per heavy atom. The number of benzene rings is 3. The fourth-order valence-electron chi connectivity index (χ4n) is 3.49. The van der Waals surface area contributed by atoms with E-state index in [0.29, 0.717) is 0 Å². The monoisotopic (exact) mass is 393 g/mol. The maximum atomic E-state index is 5.66. The Balaban J connectivity index is 0.00000210. The molecule has 3 aromatic carbocycles. The average Bonchev–Trinajstić information content (AvgIpc) is 3.13. The van der Waals surface area contributed by atoms with E-state index in [1.54, 1.807) is 0 Å². The Kier molecular flexibility index (Phi) is 6.11. The zero-order chi connectivity index (χ0) is 17.8. The largest absolute Gasteiger partial charge is 1.00 e. The van der Waals surface area contributed by atoms with E-state index in [1.165, 1.54) is 15.9 Å². The van der Waals surface area contributed by atoms with Crippen molar-refractivity contribution in [2.45, 2.75) is 13.1 Å². The van der Waals surface area contributed by atoms with Gasteiger partial charge in [0, 0.05) is 6.07 Å². The third kappa shape index (κ3) is 3.83. The lowest BCUT2D eigenvalue weighted by Crippen LogP contribution is -3.00. The van der Waals surface area contributed by atoms with Crippen molar-refractivity contribution < 1.29 is 16.9 Å². The van der Waals surface area contributed by atoms with Gasteiger partial charge >= 0.3 is 0 Å². The number of aromatic nitrogens is 1. The molecule has 0 N–H and O–H groups in total. The van der Waals surface area contributed by atoms with Crippen LogP contribution < -0.4 is 28.3 Å². The zero-order valence-corrected chi connectivity index (χ0v) is 16.8. The summed E-state index contributed by atoms with van der Waals surface area (Å²) in [5.41, 5.74) is 0.923. The van der Waals surface area contributed by atoms with Crippen molar-refractivity contribution in [3.8, 4) is 0 Å². The van der Waals surface area contributed by atoms with Gasteiger partial charge in [0.2, 0.25) is 0 Å². The first-order chi connectivity index (χ1) is 12.8. The number of aryl methyl sites for hydroxylation is 1. The molecule has 4 heteroatoms. The summed E-state index contributed by atoms with van der Waals surface area (Å²) in [6.07, 6.45) is 0.825. The normalized spacial score (nSPS) is 11.0. The van der Waals surface area contributed by atoms with Gasteiger partial charge in [0.15, 0.2) is 5.76 Å². The Morgan fingerprint density at radius 1 is 0.704 bits per heavy atom. The molecule has 0 saturated carbocycles. The van der Waals surface area contributed by atoms with Crippen LogP contribution in [0.2, 0.25) is 0 Å². The van der Waals surface area contributed by atoms with Crippen molar-refractivity contribution in [2.75, 3.05) is 0 Å². The van der Waals surface area contributed by atoms with Gasteiger partial charge in [0.25, 0.3) is 0 Å². The second-order valence-electron chi connectivity index (χ2n) is 6.41. The van der Waals surface area contributed by atoms with Gasteiger partial charge in [-0.2, -0.15) is 0 Å². The molecule has 2 nitrogen and oxygen atoms in total. The smallest absolute Gasteiger partial charge is 0.175 e. The minimum atomic E-state index is -1.90. The number of hydrogen-bond acceptors (Lipinski definition) is 2. The fraction of sp³-hybridized carbons (Fsp3) is 0.0870. The summed E-state index contributed by atoms with van der Waals surface area (Å²) < 4.78 is 5.66. The highest BCUT2D eigenvalue weighted by Gasteiger charge is 2.46. The van der Waals surface area contributed by atoms with E-state index < -0.39 is 7.26 Å². The second-order valence-corrected chi connectivity index (χ2v) is 9.89. The fourth-order valence-corrected chi connectivity index (χ4v) is 7.60. The third-order valence-corrected chi connectivity index (χ3v) is 8.99. The molecule has 0 amide bonds. The standard InChI is InChI=1S/C23H21NOP.ClH/c1-19-17-20(25-24-19)18-26(21-11-5-2-6-12-21,22-13-7-3-8-14-22)23-15-9-4-10-16-23;/h2-17H,18H2,1H3;1H/q+1;/p-1. The van der Waals surface area contributed by atoms with Gasteiger partial charge in [0.05, 0.1) is 5.69 Å². The molecule has 0 aliphatic carbocycles. The van der Waals surface area contributed by atoms with Crippen LogP contribution in [0.25, 0.3) is 0 Å². The molecule has 0 unspecified atom stereocenters. The average molecular weight is 394 g/mol. The van der Waals surface area contributed by atoms with Crippen molar-refractivity contribution in [3.05, 3.63) is 109 Å². The van der Waals surface area contributed by atoms with Crippen molar-refractivity contribution >= 4 is 23.2 Å². The lowest BCUT2D eigenvalue weighted by Gasteiger charge is -2.26. The molecule has 0 aliphatic heterocycles. The maximum absolute atomic E-state index is 5.66. The van der Waals surface area contributed by atoms with E-state index in [1.807, 2.05) is 6.92 Å². The van der Waals surface area contributed by atoms with Gasteiger partial charge in [-0.05, 0) is 43.3 Å². The number of hydrogen-bond donors (Lipinski definition) is 0. The molecule has 1 aromatic heterocycles. The minimum Gasteiger partial charge on any atom is -1.00 e. The Hall–Kier alpha value is -2.41. The SMILES string of the molecule is Cc1cc(C[P+](c2ccccc2)(c2ccccc2)c2ccccc2)on1.[Cl-]. The summed E-state index contributed by atoms with van der Waals surface area (Å²) in [6.45, 7) is 1.97. The van der Waals surface area contributed by atoms with Crippen LogP contribution in [0.3, 0.4) is 0 Å². The van der Waals surface area contributed by atoms with E-state index in [2.05, 4.69) is 102 Å². The van der Waals surface area contributed by atoms with E-state index in [0.717, 1.165) is 17.6 Å². The highest BCUT2D eigenvalue weighted by molar-refractivity contribution is 7.95.